The average Bonchev–Trinajstić information content (AvgIpc) is 2.43. The lowest BCUT2D eigenvalue weighted by atomic mass is 9.74. The van der Waals surface area contributed by atoms with E-state index in [1.165, 1.54) is 6.07 Å². The lowest BCUT2D eigenvalue weighted by molar-refractivity contribution is -0.139. The van der Waals surface area contributed by atoms with Gasteiger partial charge in [-0.15, -0.1) is 0 Å². The predicted molar refractivity (Wildman–Crippen MR) is 76.9 cm³/mol. The first kappa shape index (κ1) is 14.4. The Morgan fingerprint density at radius 1 is 1.36 bits per heavy atom. The van der Waals surface area contributed by atoms with E-state index >= 15 is 0 Å². The number of carboxylic acids is 1. The minimum absolute atomic E-state index is 0.0414. The van der Waals surface area contributed by atoms with Crippen molar-refractivity contribution in [1.82, 2.24) is 5.32 Å². The summed E-state index contributed by atoms with van der Waals surface area (Å²) in [6, 6.07) is 4.75. The van der Waals surface area contributed by atoms with Crippen molar-refractivity contribution >= 4 is 23.5 Å². The van der Waals surface area contributed by atoms with Gasteiger partial charge < -0.3 is 20.5 Å². The first-order valence-corrected chi connectivity index (χ1v) is 7.08. The summed E-state index contributed by atoms with van der Waals surface area (Å²) >= 11 is 0. The van der Waals surface area contributed by atoms with Gasteiger partial charge in [0.15, 0.2) is 6.61 Å². The number of carbonyl (C=O) groups excluding carboxylic acids is 2. The Morgan fingerprint density at radius 3 is 2.77 bits per heavy atom. The van der Waals surface area contributed by atoms with E-state index in [0.29, 0.717) is 29.8 Å². The highest BCUT2D eigenvalue weighted by Gasteiger charge is 2.40. The summed E-state index contributed by atoms with van der Waals surface area (Å²) < 4.78 is 5.23. The largest absolute Gasteiger partial charge is 0.482 e. The number of amides is 2. The van der Waals surface area contributed by atoms with Crippen molar-refractivity contribution in [1.29, 1.82) is 0 Å². The Morgan fingerprint density at radius 2 is 2.14 bits per heavy atom. The number of benzene rings is 1. The van der Waals surface area contributed by atoms with Crippen LogP contribution in [0.3, 0.4) is 0 Å². The molecule has 0 bridgehead atoms. The van der Waals surface area contributed by atoms with Gasteiger partial charge in [0.2, 0.25) is 0 Å². The van der Waals surface area contributed by atoms with Gasteiger partial charge in [-0.05, 0) is 37.5 Å². The van der Waals surface area contributed by atoms with Crippen molar-refractivity contribution in [3.63, 3.8) is 0 Å². The molecule has 3 rings (SSSR count). The summed E-state index contributed by atoms with van der Waals surface area (Å²) in [5.74, 6) is -1.03. The number of carbonyl (C=O) groups is 3. The molecule has 0 aromatic heterocycles. The third-order valence-electron chi connectivity index (χ3n) is 4.05. The van der Waals surface area contributed by atoms with Crippen LogP contribution in [0.25, 0.3) is 0 Å². The molecule has 7 heteroatoms. The first-order valence-electron chi connectivity index (χ1n) is 7.08. The molecule has 1 aromatic carbocycles. The fourth-order valence-electron chi connectivity index (χ4n) is 2.78. The molecule has 1 aliphatic heterocycles. The van der Waals surface area contributed by atoms with Crippen LogP contribution in [0.2, 0.25) is 0 Å². The van der Waals surface area contributed by atoms with Crippen molar-refractivity contribution in [2.45, 2.75) is 31.2 Å². The molecule has 1 aliphatic carbocycles. The number of aliphatic carboxylic acids is 1. The molecule has 0 atom stereocenters. The molecule has 7 nitrogen and oxygen atoms in total. The molecule has 3 N–H and O–H groups in total. The highest BCUT2D eigenvalue weighted by molar-refractivity contribution is 6.00. The topological polar surface area (TPSA) is 105 Å². The molecule has 0 spiro atoms. The third kappa shape index (κ3) is 2.74. The molecule has 1 saturated carbocycles. The van der Waals surface area contributed by atoms with E-state index < -0.39 is 11.5 Å². The van der Waals surface area contributed by atoms with Crippen LogP contribution in [0.1, 0.15) is 36.0 Å². The number of carboxylic acid groups (broad SMARTS) is 1. The number of rotatable bonds is 4. The van der Waals surface area contributed by atoms with Gasteiger partial charge in [0.05, 0.1) is 17.6 Å². The maximum absolute atomic E-state index is 12.3. The highest BCUT2D eigenvalue weighted by atomic mass is 16.5. The van der Waals surface area contributed by atoms with Crippen LogP contribution < -0.4 is 15.4 Å². The number of nitrogens with one attached hydrogen (secondary N) is 2. The maximum atomic E-state index is 12.3. The minimum Gasteiger partial charge on any atom is -0.482 e. The summed E-state index contributed by atoms with van der Waals surface area (Å²) in [6.45, 7) is -0.0414. The molecule has 116 valence electrons. The number of anilines is 1. The van der Waals surface area contributed by atoms with Crippen LogP contribution in [0.4, 0.5) is 5.69 Å². The zero-order valence-electron chi connectivity index (χ0n) is 11.8. The van der Waals surface area contributed by atoms with E-state index in [0.717, 1.165) is 6.42 Å². The second-order valence-electron chi connectivity index (χ2n) is 5.71. The van der Waals surface area contributed by atoms with Crippen molar-refractivity contribution in [2.75, 3.05) is 11.9 Å². The summed E-state index contributed by atoms with van der Waals surface area (Å²) in [4.78, 5) is 34.6. The monoisotopic (exact) mass is 304 g/mol. The van der Waals surface area contributed by atoms with Crippen LogP contribution in [0.5, 0.6) is 5.75 Å². The van der Waals surface area contributed by atoms with Crippen LogP contribution in [0.15, 0.2) is 18.2 Å². The molecule has 1 fully saturated rings. The molecule has 1 aromatic rings. The highest BCUT2D eigenvalue weighted by Crippen LogP contribution is 2.35. The Bertz CT molecular complexity index is 651. The van der Waals surface area contributed by atoms with E-state index in [-0.39, 0.29) is 24.8 Å². The lowest BCUT2D eigenvalue weighted by Crippen LogP contribution is -2.54. The van der Waals surface area contributed by atoms with Crippen molar-refractivity contribution in [3.05, 3.63) is 23.8 Å². The van der Waals surface area contributed by atoms with Gasteiger partial charge in [0.25, 0.3) is 11.8 Å². The minimum atomic E-state index is -0.925. The number of hydrogen-bond acceptors (Lipinski definition) is 4. The molecule has 2 aliphatic rings. The van der Waals surface area contributed by atoms with Gasteiger partial charge in [0, 0.05) is 5.56 Å². The van der Waals surface area contributed by atoms with Crippen LogP contribution >= 0.6 is 0 Å². The third-order valence-corrected chi connectivity index (χ3v) is 4.05. The van der Waals surface area contributed by atoms with Crippen LogP contribution in [-0.2, 0) is 9.59 Å². The van der Waals surface area contributed by atoms with E-state index in [9.17, 15) is 14.4 Å². The Hall–Kier alpha value is -2.57. The number of hydrogen-bond donors (Lipinski definition) is 3. The lowest BCUT2D eigenvalue weighted by Gasteiger charge is -2.41. The van der Waals surface area contributed by atoms with E-state index in [4.69, 9.17) is 9.84 Å². The summed E-state index contributed by atoms with van der Waals surface area (Å²) in [5, 5.41) is 14.4. The normalized spacial score (nSPS) is 18.3. The fraction of sp³-hybridized carbons (Fsp3) is 0.400. The van der Waals surface area contributed by atoms with Crippen molar-refractivity contribution in [2.24, 2.45) is 0 Å². The molecular weight excluding hydrogens is 288 g/mol. The second kappa shape index (κ2) is 5.32. The quantitative estimate of drug-likeness (QED) is 0.774. The summed E-state index contributed by atoms with van der Waals surface area (Å²) in [6.07, 6.45) is 2.15. The second-order valence-corrected chi connectivity index (χ2v) is 5.71. The molecule has 2 amide bonds. The van der Waals surface area contributed by atoms with Crippen LogP contribution in [-0.4, -0.2) is 35.0 Å². The first-order chi connectivity index (χ1) is 10.5. The smallest absolute Gasteiger partial charge is 0.305 e. The Labute approximate surface area is 126 Å². The average molecular weight is 304 g/mol. The van der Waals surface area contributed by atoms with Crippen LogP contribution in [0, 0.1) is 0 Å². The van der Waals surface area contributed by atoms with Gasteiger partial charge in [-0.25, -0.2) is 0 Å². The van der Waals surface area contributed by atoms with Gasteiger partial charge in [-0.2, -0.15) is 0 Å². The van der Waals surface area contributed by atoms with Crippen molar-refractivity contribution in [3.8, 4) is 5.75 Å². The molecular formula is C15H16N2O5. The summed E-state index contributed by atoms with van der Waals surface area (Å²) in [7, 11) is 0. The molecule has 22 heavy (non-hydrogen) atoms. The molecule has 0 radical (unpaired) electrons. The van der Waals surface area contributed by atoms with Gasteiger partial charge in [0.1, 0.15) is 5.75 Å². The molecule has 0 saturated heterocycles. The van der Waals surface area contributed by atoms with Crippen molar-refractivity contribution < 1.29 is 24.2 Å². The number of fused-ring (bicyclic) bond motifs is 1. The SMILES string of the molecule is O=C(O)CC1(NC(=O)c2ccc3c(c2)NC(=O)CO3)CCC1. The fourth-order valence-corrected chi connectivity index (χ4v) is 2.78. The zero-order valence-corrected chi connectivity index (χ0v) is 11.8. The van der Waals surface area contributed by atoms with Gasteiger partial charge >= 0.3 is 5.97 Å². The maximum Gasteiger partial charge on any atom is 0.305 e. The molecule has 1 heterocycles. The Kier molecular flexibility index (Phi) is 3.48. The molecule has 0 unspecified atom stereocenters. The Balaban J connectivity index is 1.76. The zero-order chi connectivity index (χ0) is 15.7. The van der Waals surface area contributed by atoms with Gasteiger partial charge in [-0.1, -0.05) is 0 Å². The summed E-state index contributed by atoms with van der Waals surface area (Å²) in [5.41, 5.74) is 0.157. The van der Waals surface area contributed by atoms with Gasteiger partial charge in [-0.3, -0.25) is 14.4 Å². The van der Waals surface area contributed by atoms with E-state index in [1.54, 1.807) is 12.1 Å². The van der Waals surface area contributed by atoms with E-state index in [1.807, 2.05) is 0 Å². The number of ether oxygens (including phenoxy) is 1. The predicted octanol–water partition coefficient (Wildman–Crippen LogP) is 1.14. The van der Waals surface area contributed by atoms with E-state index in [2.05, 4.69) is 10.6 Å². The standard InChI is InChI=1S/C15H16N2O5/c18-12-8-22-11-3-2-9(6-10(11)16-12)14(21)17-15(4-1-5-15)7-13(19)20/h2-3,6H,1,4-5,7-8H2,(H,16,18)(H,17,21)(H,19,20).